The van der Waals surface area contributed by atoms with E-state index in [0.29, 0.717) is 18.8 Å². The summed E-state index contributed by atoms with van der Waals surface area (Å²) in [7, 11) is -3.62. The molecule has 31 heavy (non-hydrogen) atoms. The molecule has 1 aliphatic rings. The van der Waals surface area contributed by atoms with Crippen LogP contribution in [0.15, 0.2) is 47.4 Å². The Balaban J connectivity index is 1.72. The van der Waals surface area contributed by atoms with Crippen molar-refractivity contribution in [2.75, 3.05) is 23.7 Å². The summed E-state index contributed by atoms with van der Waals surface area (Å²) in [4.78, 5) is 12.6. The highest BCUT2D eigenvalue weighted by atomic mass is 35.5. The van der Waals surface area contributed by atoms with Crippen molar-refractivity contribution >= 4 is 38.9 Å². The van der Waals surface area contributed by atoms with Crippen molar-refractivity contribution in [2.45, 2.75) is 36.9 Å². The van der Waals surface area contributed by atoms with Crippen LogP contribution >= 0.6 is 11.6 Å². The Morgan fingerprint density at radius 2 is 1.81 bits per heavy atom. The molecule has 1 heterocycles. The first kappa shape index (κ1) is 23.4. The minimum absolute atomic E-state index is 0.0350. The molecule has 0 radical (unpaired) electrons. The van der Waals surface area contributed by atoms with Crippen LogP contribution in [-0.2, 0) is 21.0 Å². The third-order valence-corrected chi connectivity index (χ3v) is 7.09. The zero-order valence-electron chi connectivity index (χ0n) is 16.5. The minimum Gasteiger partial charge on any atom is -0.374 e. The largest absolute Gasteiger partial charge is 0.416 e. The summed E-state index contributed by atoms with van der Waals surface area (Å²) >= 11 is 5.91. The summed E-state index contributed by atoms with van der Waals surface area (Å²) < 4.78 is 65.6. The highest BCUT2D eigenvalue weighted by Gasteiger charge is 2.31. The Kier molecular flexibility index (Phi) is 6.82. The van der Waals surface area contributed by atoms with Crippen molar-refractivity contribution in [1.82, 2.24) is 4.31 Å². The number of carbonyl (C=O) groups is 1. The molecule has 11 heteroatoms. The first-order valence-electron chi connectivity index (χ1n) is 9.53. The predicted octanol–water partition coefficient (Wildman–Crippen LogP) is 4.58. The number of alkyl halides is 3. The molecule has 1 amide bonds. The monoisotopic (exact) mass is 475 g/mol. The Morgan fingerprint density at radius 1 is 1.13 bits per heavy atom. The van der Waals surface area contributed by atoms with Crippen molar-refractivity contribution in [1.29, 1.82) is 0 Å². The molecule has 1 aliphatic heterocycles. The molecule has 0 aromatic heterocycles. The maximum Gasteiger partial charge on any atom is 0.416 e. The van der Waals surface area contributed by atoms with Crippen LogP contribution in [0.1, 0.15) is 25.3 Å². The van der Waals surface area contributed by atoms with Gasteiger partial charge in [0.15, 0.2) is 0 Å². The first-order valence-corrected chi connectivity index (χ1v) is 11.3. The van der Waals surface area contributed by atoms with Gasteiger partial charge in [-0.3, -0.25) is 4.79 Å². The summed E-state index contributed by atoms with van der Waals surface area (Å²) in [6, 6.07) is 7.83. The van der Waals surface area contributed by atoms with Gasteiger partial charge in [-0.05, 0) is 56.2 Å². The number of halogens is 4. The van der Waals surface area contributed by atoms with Gasteiger partial charge in [-0.1, -0.05) is 17.7 Å². The topological polar surface area (TPSA) is 78.5 Å². The molecule has 0 saturated carbocycles. The van der Waals surface area contributed by atoms with Gasteiger partial charge in [0.1, 0.15) is 6.04 Å². The van der Waals surface area contributed by atoms with Crippen LogP contribution in [0, 0.1) is 0 Å². The second kappa shape index (κ2) is 9.05. The van der Waals surface area contributed by atoms with Crippen LogP contribution in [0.4, 0.5) is 24.5 Å². The van der Waals surface area contributed by atoms with Gasteiger partial charge < -0.3 is 10.6 Å². The number of carbonyl (C=O) groups excluding carboxylic acids is 1. The van der Waals surface area contributed by atoms with Crippen LogP contribution in [0.2, 0.25) is 5.02 Å². The Bertz CT molecular complexity index is 1070. The number of sulfonamides is 1. The summed E-state index contributed by atoms with van der Waals surface area (Å²) in [6.45, 7) is 2.44. The molecule has 0 aliphatic carbocycles. The molecular weight excluding hydrogens is 455 g/mol. The van der Waals surface area contributed by atoms with Crippen molar-refractivity contribution in [3.8, 4) is 0 Å². The zero-order chi connectivity index (χ0) is 22.8. The number of nitrogens with one attached hydrogen (secondary N) is 2. The van der Waals surface area contributed by atoms with Crippen molar-refractivity contribution in [3.05, 3.63) is 53.1 Å². The lowest BCUT2D eigenvalue weighted by atomic mass is 10.2. The van der Waals surface area contributed by atoms with Crippen LogP contribution in [0.5, 0.6) is 0 Å². The van der Waals surface area contributed by atoms with E-state index in [1.165, 1.54) is 23.4 Å². The van der Waals surface area contributed by atoms with Crippen LogP contribution in [-0.4, -0.2) is 37.8 Å². The molecule has 1 atom stereocenters. The summed E-state index contributed by atoms with van der Waals surface area (Å²) in [5, 5.41) is 5.21. The molecule has 1 fully saturated rings. The second-order valence-electron chi connectivity index (χ2n) is 7.19. The molecule has 3 rings (SSSR count). The number of hydrogen-bond donors (Lipinski definition) is 2. The van der Waals surface area contributed by atoms with Gasteiger partial charge in [-0.2, -0.15) is 17.5 Å². The lowest BCUT2D eigenvalue weighted by molar-refractivity contribution is -0.137. The normalized spacial score (nSPS) is 16.2. The number of hydrogen-bond acceptors (Lipinski definition) is 4. The van der Waals surface area contributed by atoms with Crippen LogP contribution in [0.25, 0.3) is 0 Å². The molecule has 2 N–H and O–H groups in total. The molecule has 0 spiro atoms. The van der Waals surface area contributed by atoms with E-state index in [2.05, 4.69) is 10.6 Å². The van der Waals surface area contributed by atoms with Gasteiger partial charge in [0.05, 0.1) is 21.2 Å². The van der Waals surface area contributed by atoms with Gasteiger partial charge in [0.2, 0.25) is 15.9 Å². The van der Waals surface area contributed by atoms with E-state index in [0.717, 1.165) is 31.0 Å². The molecule has 1 saturated heterocycles. The minimum atomic E-state index is -4.57. The average Bonchev–Trinajstić information content (AvgIpc) is 3.24. The average molecular weight is 476 g/mol. The number of benzene rings is 2. The van der Waals surface area contributed by atoms with E-state index in [1.54, 1.807) is 12.1 Å². The summed E-state index contributed by atoms with van der Waals surface area (Å²) in [5.41, 5.74) is -0.716. The lowest BCUT2D eigenvalue weighted by Gasteiger charge is -2.19. The number of anilines is 2. The van der Waals surface area contributed by atoms with E-state index >= 15 is 0 Å². The molecule has 0 bridgehead atoms. The zero-order valence-corrected chi connectivity index (χ0v) is 18.1. The van der Waals surface area contributed by atoms with Gasteiger partial charge in [-0.25, -0.2) is 8.42 Å². The highest BCUT2D eigenvalue weighted by molar-refractivity contribution is 7.89. The van der Waals surface area contributed by atoms with E-state index < -0.39 is 33.7 Å². The Hall–Kier alpha value is -2.30. The first-order chi connectivity index (χ1) is 14.5. The van der Waals surface area contributed by atoms with Crippen LogP contribution in [0.3, 0.4) is 0 Å². The standard InChI is InChI=1S/C20H21ClF3N3O3S/c1-13(19(28)26-18-11-14(20(22,23)24)7-8-17(18)21)25-15-5-4-6-16(12-15)31(29,30)27-9-2-3-10-27/h4-8,11-13,25H,2-3,9-10H2,1H3,(H,26,28). The molecule has 2 aromatic rings. The smallest absolute Gasteiger partial charge is 0.374 e. The van der Waals surface area contributed by atoms with E-state index in [1.807, 2.05) is 0 Å². The summed E-state index contributed by atoms with van der Waals surface area (Å²) in [6.07, 6.45) is -2.95. The molecule has 1 unspecified atom stereocenters. The fourth-order valence-corrected chi connectivity index (χ4v) is 4.91. The van der Waals surface area contributed by atoms with Crippen LogP contribution < -0.4 is 10.6 Å². The third kappa shape index (κ3) is 5.50. The highest BCUT2D eigenvalue weighted by Crippen LogP contribution is 2.34. The third-order valence-electron chi connectivity index (χ3n) is 4.86. The number of rotatable bonds is 6. The van der Waals surface area contributed by atoms with E-state index in [4.69, 9.17) is 11.6 Å². The molecule has 168 valence electrons. The summed E-state index contributed by atoms with van der Waals surface area (Å²) in [5.74, 6) is -0.631. The molecule has 6 nitrogen and oxygen atoms in total. The van der Waals surface area contributed by atoms with Gasteiger partial charge >= 0.3 is 6.18 Å². The lowest BCUT2D eigenvalue weighted by Crippen LogP contribution is -2.32. The number of amides is 1. The Morgan fingerprint density at radius 3 is 2.45 bits per heavy atom. The van der Waals surface area contributed by atoms with Crippen molar-refractivity contribution in [3.63, 3.8) is 0 Å². The predicted molar refractivity (Wildman–Crippen MR) is 113 cm³/mol. The SMILES string of the molecule is CC(Nc1cccc(S(=O)(=O)N2CCCC2)c1)C(=O)Nc1cc(C(F)(F)F)ccc1Cl. The second-order valence-corrected chi connectivity index (χ2v) is 9.53. The molecule has 2 aromatic carbocycles. The molecular formula is C20H21ClF3N3O3S. The maximum absolute atomic E-state index is 12.9. The maximum atomic E-state index is 12.9. The van der Waals surface area contributed by atoms with Crippen molar-refractivity contribution in [2.24, 2.45) is 0 Å². The van der Waals surface area contributed by atoms with Gasteiger partial charge in [0, 0.05) is 18.8 Å². The van der Waals surface area contributed by atoms with Gasteiger partial charge in [-0.15, -0.1) is 0 Å². The van der Waals surface area contributed by atoms with Gasteiger partial charge in [0.25, 0.3) is 0 Å². The van der Waals surface area contributed by atoms with E-state index in [9.17, 15) is 26.4 Å². The Labute approximate surface area is 183 Å². The number of nitrogens with zero attached hydrogens (tertiary/aromatic N) is 1. The quantitative estimate of drug-likeness (QED) is 0.641. The van der Waals surface area contributed by atoms with Crippen molar-refractivity contribution < 1.29 is 26.4 Å². The fraction of sp³-hybridized carbons (Fsp3) is 0.350. The van der Waals surface area contributed by atoms with E-state index in [-0.39, 0.29) is 15.6 Å². The fourth-order valence-electron chi connectivity index (χ4n) is 3.18.